The molecule has 0 radical (unpaired) electrons. The molecule has 2 aromatic rings. The number of fused-ring (bicyclic) bond motifs is 1. The number of allylic oxidation sites excluding steroid dienone is 2. The van der Waals surface area contributed by atoms with Crippen molar-refractivity contribution in [3.63, 3.8) is 0 Å². The van der Waals surface area contributed by atoms with Gasteiger partial charge in [0.15, 0.2) is 0 Å². The summed E-state index contributed by atoms with van der Waals surface area (Å²) in [5, 5.41) is 0.383. The molecule has 1 amide bonds. The third-order valence-corrected chi connectivity index (χ3v) is 6.00. The van der Waals surface area contributed by atoms with Crippen molar-refractivity contribution < 1.29 is 13.9 Å². The van der Waals surface area contributed by atoms with E-state index < -0.39 is 0 Å². The fraction of sp³-hybridized carbons (Fsp3) is 0.304. The predicted octanol–water partition coefficient (Wildman–Crippen LogP) is 4.54. The topological polar surface area (TPSA) is 45.7 Å². The normalized spacial score (nSPS) is 17.2. The molecule has 30 heavy (non-hydrogen) atoms. The smallest absolute Gasteiger partial charge is 0.255 e. The number of hydrogen-bond donors (Lipinski definition) is 0. The highest BCUT2D eigenvalue weighted by Crippen LogP contribution is 2.32. The second-order valence-electron chi connectivity index (χ2n) is 7.68. The van der Waals surface area contributed by atoms with E-state index in [1.54, 1.807) is 24.4 Å². The fourth-order valence-electron chi connectivity index (χ4n) is 3.88. The van der Waals surface area contributed by atoms with Gasteiger partial charge < -0.3 is 14.5 Å². The Hall–Kier alpha value is -2.86. The Bertz CT molecular complexity index is 1050. The Morgan fingerprint density at radius 2 is 1.97 bits per heavy atom. The summed E-state index contributed by atoms with van der Waals surface area (Å²) in [7, 11) is 1.98. The Balaban J connectivity index is 1.50. The second-order valence-corrected chi connectivity index (χ2v) is 8.04. The SMILES string of the molecule is CC1=C(OCc2ccc(F)cc2)CN(C)C(C(C)N2Cc3c(ccnc3Cl)C2=O)=C1. The zero-order chi connectivity index (χ0) is 21.4. The molecule has 0 N–H and O–H groups in total. The van der Waals surface area contributed by atoms with Crippen molar-refractivity contribution in [2.45, 2.75) is 33.0 Å². The van der Waals surface area contributed by atoms with E-state index in [-0.39, 0.29) is 17.8 Å². The molecule has 0 aliphatic carbocycles. The van der Waals surface area contributed by atoms with Crippen LogP contribution in [0.5, 0.6) is 0 Å². The minimum absolute atomic E-state index is 0.0314. The maximum atomic E-state index is 13.1. The maximum Gasteiger partial charge on any atom is 0.255 e. The standard InChI is InChI=1S/C23H23ClFN3O2/c1-14-10-20(15(2)28-11-19-18(23(28)29)8-9-26-22(19)24)27(3)12-21(14)30-13-16-4-6-17(25)7-5-16/h4-10,15H,11-13H2,1-3H3. The molecule has 156 valence electrons. The molecule has 7 heteroatoms. The van der Waals surface area contributed by atoms with Crippen molar-refractivity contribution in [2.75, 3.05) is 13.6 Å². The van der Waals surface area contributed by atoms with Gasteiger partial charge in [0.05, 0.1) is 19.1 Å². The molecule has 0 spiro atoms. The third kappa shape index (κ3) is 3.79. The highest BCUT2D eigenvalue weighted by atomic mass is 35.5. The molecule has 2 aliphatic heterocycles. The zero-order valence-electron chi connectivity index (χ0n) is 17.2. The van der Waals surface area contributed by atoms with Crippen LogP contribution in [0.1, 0.15) is 35.3 Å². The highest BCUT2D eigenvalue weighted by Gasteiger charge is 2.35. The lowest BCUT2D eigenvalue weighted by atomic mass is 10.0. The van der Waals surface area contributed by atoms with Crippen molar-refractivity contribution in [1.82, 2.24) is 14.8 Å². The summed E-state index contributed by atoms with van der Waals surface area (Å²) in [6, 6.07) is 7.90. The van der Waals surface area contributed by atoms with Gasteiger partial charge in [-0.25, -0.2) is 9.37 Å². The molecular weight excluding hydrogens is 405 g/mol. The molecular formula is C23H23ClFN3O2. The van der Waals surface area contributed by atoms with Crippen LogP contribution in [-0.2, 0) is 17.9 Å². The number of carbonyl (C=O) groups is 1. The quantitative estimate of drug-likeness (QED) is 0.657. The molecule has 0 bridgehead atoms. The van der Waals surface area contributed by atoms with E-state index in [0.717, 1.165) is 28.2 Å². The summed E-state index contributed by atoms with van der Waals surface area (Å²) in [6.45, 7) is 5.45. The molecule has 1 aromatic carbocycles. The summed E-state index contributed by atoms with van der Waals surface area (Å²) >= 11 is 6.20. The number of aromatic nitrogens is 1. The zero-order valence-corrected chi connectivity index (χ0v) is 17.9. The Morgan fingerprint density at radius 1 is 1.23 bits per heavy atom. The lowest BCUT2D eigenvalue weighted by molar-refractivity contribution is 0.0718. The van der Waals surface area contributed by atoms with Gasteiger partial charge in [0.1, 0.15) is 23.3 Å². The van der Waals surface area contributed by atoms with Crippen LogP contribution in [0.4, 0.5) is 4.39 Å². The molecule has 1 aromatic heterocycles. The number of rotatable bonds is 5. The fourth-order valence-corrected chi connectivity index (χ4v) is 4.10. The number of ether oxygens (including phenoxy) is 1. The van der Waals surface area contributed by atoms with Crippen LogP contribution >= 0.6 is 11.6 Å². The number of hydrogen-bond acceptors (Lipinski definition) is 4. The van der Waals surface area contributed by atoms with Gasteiger partial charge in [-0.1, -0.05) is 23.7 Å². The first-order valence-electron chi connectivity index (χ1n) is 9.79. The van der Waals surface area contributed by atoms with Crippen LogP contribution in [0.2, 0.25) is 5.15 Å². The molecule has 1 unspecified atom stereocenters. The van der Waals surface area contributed by atoms with Gasteiger partial charge in [-0.3, -0.25) is 4.79 Å². The van der Waals surface area contributed by atoms with Crippen LogP contribution in [0.15, 0.2) is 59.6 Å². The molecule has 3 heterocycles. The maximum absolute atomic E-state index is 13.1. The van der Waals surface area contributed by atoms with Crippen molar-refractivity contribution in [3.8, 4) is 0 Å². The molecule has 0 fully saturated rings. The van der Waals surface area contributed by atoms with Crippen molar-refractivity contribution >= 4 is 17.5 Å². The number of pyridine rings is 1. The summed E-state index contributed by atoms with van der Waals surface area (Å²) in [4.78, 5) is 20.9. The molecule has 4 rings (SSSR count). The largest absolute Gasteiger partial charge is 0.491 e. The monoisotopic (exact) mass is 427 g/mol. The van der Waals surface area contributed by atoms with Crippen molar-refractivity contribution in [2.24, 2.45) is 0 Å². The minimum Gasteiger partial charge on any atom is -0.491 e. The number of likely N-dealkylation sites (N-methyl/N-ethyl adjacent to an activating group) is 1. The summed E-state index contributed by atoms with van der Waals surface area (Å²) < 4.78 is 19.1. The van der Waals surface area contributed by atoms with E-state index in [2.05, 4.69) is 16.0 Å². The third-order valence-electron chi connectivity index (χ3n) is 5.67. The number of benzene rings is 1. The van der Waals surface area contributed by atoms with Crippen LogP contribution in [0.3, 0.4) is 0 Å². The summed E-state index contributed by atoms with van der Waals surface area (Å²) in [6.07, 6.45) is 3.63. The first-order valence-corrected chi connectivity index (χ1v) is 10.2. The highest BCUT2D eigenvalue weighted by molar-refractivity contribution is 6.30. The molecule has 1 atom stereocenters. The Morgan fingerprint density at radius 3 is 2.67 bits per heavy atom. The molecule has 0 saturated heterocycles. The van der Waals surface area contributed by atoms with Crippen molar-refractivity contribution in [3.05, 3.63) is 87.3 Å². The first kappa shape index (κ1) is 20.4. The van der Waals surface area contributed by atoms with Gasteiger partial charge in [0.2, 0.25) is 0 Å². The van der Waals surface area contributed by atoms with E-state index in [0.29, 0.717) is 30.4 Å². The van der Waals surface area contributed by atoms with E-state index in [4.69, 9.17) is 16.3 Å². The van der Waals surface area contributed by atoms with Crippen LogP contribution in [0, 0.1) is 5.82 Å². The lowest BCUT2D eigenvalue weighted by Gasteiger charge is -2.36. The summed E-state index contributed by atoms with van der Waals surface area (Å²) in [5.74, 6) is 0.570. The Kier molecular flexibility index (Phi) is 5.52. The average Bonchev–Trinajstić information content (AvgIpc) is 3.07. The number of carbonyl (C=O) groups excluding carboxylic acids is 1. The minimum atomic E-state index is -0.260. The van der Waals surface area contributed by atoms with Gasteiger partial charge in [-0.15, -0.1) is 0 Å². The first-order chi connectivity index (χ1) is 14.3. The molecule has 0 saturated carbocycles. The van der Waals surface area contributed by atoms with Gasteiger partial charge in [-0.2, -0.15) is 0 Å². The van der Waals surface area contributed by atoms with Gasteiger partial charge in [0, 0.05) is 30.1 Å². The lowest BCUT2D eigenvalue weighted by Crippen LogP contribution is -2.41. The summed E-state index contributed by atoms with van der Waals surface area (Å²) in [5.41, 5.74) is 4.36. The Labute approximate surface area is 180 Å². The van der Waals surface area contributed by atoms with E-state index in [1.165, 1.54) is 12.1 Å². The molecule has 5 nitrogen and oxygen atoms in total. The molecule has 2 aliphatic rings. The van der Waals surface area contributed by atoms with Crippen LogP contribution in [0.25, 0.3) is 0 Å². The average molecular weight is 428 g/mol. The van der Waals surface area contributed by atoms with E-state index in [9.17, 15) is 9.18 Å². The van der Waals surface area contributed by atoms with Crippen molar-refractivity contribution in [1.29, 1.82) is 0 Å². The van der Waals surface area contributed by atoms with Gasteiger partial charge in [0.25, 0.3) is 5.91 Å². The number of halogens is 2. The van der Waals surface area contributed by atoms with Crippen LogP contribution < -0.4 is 0 Å². The predicted molar refractivity (Wildman–Crippen MR) is 113 cm³/mol. The second kappa shape index (κ2) is 8.11. The van der Waals surface area contributed by atoms with Gasteiger partial charge in [-0.05, 0) is 49.3 Å². The number of amides is 1. The van der Waals surface area contributed by atoms with E-state index in [1.807, 2.05) is 25.8 Å². The number of nitrogens with zero attached hydrogens (tertiary/aromatic N) is 3. The van der Waals surface area contributed by atoms with Gasteiger partial charge >= 0.3 is 0 Å². The van der Waals surface area contributed by atoms with E-state index >= 15 is 0 Å². The van der Waals surface area contributed by atoms with Crippen LogP contribution in [-0.4, -0.2) is 40.3 Å².